The first-order valence-corrected chi connectivity index (χ1v) is 18.0. The number of hydrazine groups is 1. The van der Waals surface area contributed by atoms with Crippen molar-refractivity contribution in [3.8, 4) is 46.0 Å². The van der Waals surface area contributed by atoms with Gasteiger partial charge in [0.1, 0.15) is 5.75 Å². The highest BCUT2D eigenvalue weighted by Gasteiger charge is 2.45. The van der Waals surface area contributed by atoms with E-state index in [2.05, 4.69) is 47.3 Å². The predicted octanol–water partition coefficient (Wildman–Crippen LogP) is 7.84. The van der Waals surface area contributed by atoms with Gasteiger partial charge in [0.2, 0.25) is 11.7 Å². The molecule has 0 saturated heterocycles. The molecular weight excluding hydrogens is 658 g/mol. The average Bonchev–Trinajstić information content (AvgIpc) is 3.13. The van der Waals surface area contributed by atoms with Crippen LogP contribution in [-0.4, -0.2) is 64.4 Å². The largest absolute Gasteiger partial charge is 0.493 e. The van der Waals surface area contributed by atoms with Crippen LogP contribution in [0.4, 0.5) is 5.69 Å². The van der Waals surface area contributed by atoms with Gasteiger partial charge < -0.3 is 28.4 Å². The molecule has 4 aromatic carbocycles. The van der Waals surface area contributed by atoms with E-state index in [-0.39, 0.29) is 18.0 Å². The maximum absolute atomic E-state index is 14.5. The van der Waals surface area contributed by atoms with Crippen molar-refractivity contribution in [1.82, 2.24) is 9.91 Å². The van der Waals surface area contributed by atoms with Gasteiger partial charge in [-0.25, -0.2) is 10.0 Å². The molecule has 0 N–H and O–H groups in total. The minimum absolute atomic E-state index is 0.0233. The highest BCUT2D eigenvalue weighted by molar-refractivity contribution is 5.98. The zero-order chi connectivity index (χ0) is 36.5. The van der Waals surface area contributed by atoms with Gasteiger partial charge in [0, 0.05) is 36.2 Å². The molecule has 0 unspecified atom stereocenters. The first-order chi connectivity index (χ1) is 25.0. The van der Waals surface area contributed by atoms with Crippen LogP contribution in [0.25, 0.3) is 0 Å². The first-order valence-electron chi connectivity index (χ1n) is 18.0. The van der Waals surface area contributed by atoms with Gasteiger partial charge in [0.15, 0.2) is 34.5 Å². The van der Waals surface area contributed by atoms with E-state index in [1.165, 1.54) is 16.7 Å². The fourth-order valence-corrected chi connectivity index (χ4v) is 8.26. The van der Waals surface area contributed by atoms with E-state index >= 15 is 0 Å². The molecular formula is C42H47N3O7. The number of hydrogen-bond donors (Lipinski definition) is 0. The zero-order valence-corrected chi connectivity index (χ0v) is 31.3. The lowest BCUT2D eigenvalue weighted by molar-refractivity contribution is -0.130. The standard InChI is InChI=1S/C42H47N3O7/c1-42(2,3)41(46)45-30-23-34(48-6)35-21-27(30)18-32-38-26(14-16-44(32)45)20-37(49-7)39(50-8)40(38)52-36-22-29-25(19-33(36)47-5)13-15-43(4)31(29)17-24-9-11-28(51-35)12-10-24/h9-12,19-23,31-32H,13-18H2,1-8H3/t31-,32-/m0/s1. The summed E-state index contributed by atoms with van der Waals surface area (Å²) in [6, 6.07) is 18.4. The fourth-order valence-electron chi connectivity index (χ4n) is 8.26. The molecule has 7 bridgehead atoms. The molecule has 5 heterocycles. The summed E-state index contributed by atoms with van der Waals surface area (Å²) in [5.74, 6) is 4.71. The molecule has 0 fully saturated rings. The van der Waals surface area contributed by atoms with Gasteiger partial charge in [-0.2, -0.15) is 0 Å². The van der Waals surface area contributed by atoms with E-state index in [4.69, 9.17) is 28.4 Å². The molecule has 4 aromatic rings. The van der Waals surface area contributed by atoms with Crippen LogP contribution in [0.3, 0.4) is 0 Å². The Labute approximate surface area is 305 Å². The SMILES string of the molecule is COc1cc2c3cc1Oc1ccc(cc1)C[C@H]1c4cc(c(OC)cc4CCN1C)Oc1c(OC)c(OC)cc4c1[C@H](C3)N(CC4)N2C(=O)C(C)(C)C. The summed E-state index contributed by atoms with van der Waals surface area (Å²) in [5, 5.41) is 4.04. The fraction of sp³-hybridized carbons (Fsp3) is 0.405. The van der Waals surface area contributed by atoms with E-state index in [0.29, 0.717) is 65.4 Å². The van der Waals surface area contributed by atoms with E-state index in [1.54, 1.807) is 28.4 Å². The number of carbonyl (C=O) groups is 1. The summed E-state index contributed by atoms with van der Waals surface area (Å²) < 4.78 is 37.6. The Morgan fingerprint density at radius 2 is 1.40 bits per heavy atom. The Hall–Kier alpha value is -4.93. The van der Waals surface area contributed by atoms with Crippen molar-refractivity contribution in [1.29, 1.82) is 0 Å². The summed E-state index contributed by atoms with van der Waals surface area (Å²) in [4.78, 5) is 16.9. The number of likely N-dealkylation sites (N-methyl/N-ethyl adjacent to an activating group) is 1. The van der Waals surface area contributed by atoms with Gasteiger partial charge in [-0.3, -0.25) is 9.69 Å². The van der Waals surface area contributed by atoms with Crippen LogP contribution < -0.4 is 33.4 Å². The molecule has 10 nitrogen and oxygen atoms in total. The molecule has 0 aromatic heterocycles. The second-order valence-electron chi connectivity index (χ2n) is 15.1. The Bertz CT molecular complexity index is 2050. The molecule has 0 radical (unpaired) electrons. The topological polar surface area (TPSA) is 82.2 Å². The molecule has 272 valence electrons. The predicted molar refractivity (Wildman–Crippen MR) is 199 cm³/mol. The maximum atomic E-state index is 14.5. The summed E-state index contributed by atoms with van der Waals surface area (Å²) in [7, 11) is 8.78. The van der Waals surface area contributed by atoms with Crippen molar-refractivity contribution in [2.24, 2.45) is 5.41 Å². The second kappa shape index (κ2) is 12.9. The van der Waals surface area contributed by atoms with Crippen LogP contribution in [0.1, 0.15) is 66.2 Å². The van der Waals surface area contributed by atoms with Gasteiger partial charge in [0.25, 0.3) is 0 Å². The van der Waals surface area contributed by atoms with Gasteiger partial charge in [-0.05, 0) is 96.9 Å². The van der Waals surface area contributed by atoms with E-state index < -0.39 is 5.41 Å². The Morgan fingerprint density at radius 3 is 2.10 bits per heavy atom. The van der Waals surface area contributed by atoms with Crippen LogP contribution in [0, 0.1) is 5.41 Å². The lowest BCUT2D eigenvalue weighted by Gasteiger charge is -2.49. The molecule has 9 rings (SSSR count). The first kappa shape index (κ1) is 34.2. The molecule has 5 aliphatic rings. The van der Waals surface area contributed by atoms with Crippen LogP contribution in [0.5, 0.6) is 46.0 Å². The van der Waals surface area contributed by atoms with Gasteiger partial charge in [-0.15, -0.1) is 0 Å². The minimum atomic E-state index is -0.672. The number of rotatable bonds is 4. The quantitative estimate of drug-likeness (QED) is 0.211. The molecule has 1 amide bonds. The summed E-state index contributed by atoms with van der Waals surface area (Å²) in [6.45, 7) is 7.40. The molecule has 52 heavy (non-hydrogen) atoms. The zero-order valence-electron chi connectivity index (χ0n) is 31.3. The second-order valence-corrected chi connectivity index (χ2v) is 15.1. The Balaban J connectivity index is 1.41. The van der Waals surface area contributed by atoms with Gasteiger partial charge in [-0.1, -0.05) is 32.9 Å². The van der Waals surface area contributed by atoms with Gasteiger partial charge >= 0.3 is 0 Å². The highest BCUT2D eigenvalue weighted by Crippen LogP contribution is 2.55. The number of benzene rings is 4. The average molecular weight is 706 g/mol. The summed E-state index contributed by atoms with van der Waals surface area (Å²) in [5.41, 5.74) is 6.73. The number of nitrogens with zero attached hydrogens (tertiary/aromatic N) is 3. The number of carbonyl (C=O) groups excluding carboxylic acids is 1. The normalized spacial score (nSPS) is 19.3. The number of methoxy groups -OCH3 is 4. The smallest absolute Gasteiger partial charge is 0.246 e. The minimum Gasteiger partial charge on any atom is -0.493 e. The molecule has 0 saturated carbocycles. The van der Waals surface area contributed by atoms with E-state index in [1.807, 2.05) is 50.0 Å². The van der Waals surface area contributed by atoms with Crippen molar-refractivity contribution in [3.05, 3.63) is 88.0 Å². The highest BCUT2D eigenvalue weighted by atomic mass is 16.5. The van der Waals surface area contributed by atoms with Crippen molar-refractivity contribution >= 4 is 11.6 Å². The Kier molecular flexibility index (Phi) is 8.50. The van der Waals surface area contributed by atoms with E-state index in [0.717, 1.165) is 41.8 Å². The lowest BCUT2D eigenvalue weighted by Crippen LogP contribution is -2.57. The molecule has 5 aliphatic heterocycles. The van der Waals surface area contributed by atoms with E-state index in [9.17, 15) is 4.79 Å². The number of fused-ring (bicyclic) bond motifs is 2. The molecule has 0 aliphatic carbocycles. The van der Waals surface area contributed by atoms with Crippen LogP contribution in [-0.2, 0) is 30.5 Å². The molecule has 2 atom stereocenters. The third-order valence-corrected chi connectivity index (χ3v) is 11.0. The third kappa shape index (κ3) is 5.60. The van der Waals surface area contributed by atoms with Crippen molar-refractivity contribution in [3.63, 3.8) is 0 Å². The van der Waals surface area contributed by atoms with Crippen molar-refractivity contribution < 1.29 is 33.2 Å². The maximum Gasteiger partial charge on any atom is 0.246 e. The van der Waals surface area contributed by atoms with Crippen LogP contribution >= 0.6 is 0 Å². The lowest BCUT2D eigenvalue weighted by atomic mass is 9.85. The number of anilines is 1. The summed E-state index contributed by atoms with van der Waals surface area (Å²) in [6.07, 6.45) is 2.95. The third-order valence-electron chi connectivity index (χ3n) is 11.0. The molecule has 10 heteroatoms. The number of hydrogen-bond acceptors (Lipinski definition) is 9. The van der Waals surface area contributed by atoms with Crippen molar-refractivity contribution in [2.45, 2.75) is 58.5 Å². The number of ether oxygens (including phenoxy) is 6. The van der Waals surface area contributed by atoms with Crippen LogP contribution in [0.15, 0.2) is 54.6 Å². The number of amides is 1. The van der Waals surface area contributed by atoms with Crippen molar-refractivity contribution in [2.75, 3.05) is 53.6 Å². The summed E-state index contributed by atoms with van der Waals surface area (Å²) >= 11 is 0. The Morgan fingerprint density at radius 1 is 0.731 bits per heavy atom. The monoisotopic (exact) mass is 705 g/mol. The van der Waals surface area contributed by atoms with Crippen LogP contribution in [0.2, 0.25) is 0 Å². The molecule has 0 spiro atoms. The van der Waals surface area contributed by atoms with Gasteiger partial charge in [0.05, 0.1) is 40.2 Å².